The van der Waals surface area contributed by atoms with Crippen LogP contribution in [-0.4, -0.2) is 26.6 Å². The molecule has 2 aliphatic carbocycles. The summed E-state index contributed by atoms with van der Waals surface area (Å²) in [5.41, 5.74) is 5.79. The third kappa shape index (κ3) is 2.56. The first-order valence-corrected chi connectivity index (χ1v) is 11.2. The van der Waals surface area contributed by atoms with E-state index in [-0.39, 0.29) is 10.9 Å². The molecule has 0 saturated heterocycles. The number of anilines is 1. The van der Waals surface area contributed by atoms with Gasteiger partial charge in [0.1, 0.15) is 11.5 Å². The molecular weight excluding hydrogens is 378 g/mol. The molecule has 2 amide bonds. The number of carbonyl (C=O) groups is 1. The van der Waals surface area contributed by atoms with Crippen LogP contribution in [0.5, 0.6) is 5.88 Å². The van der Waals surface area contributed by atoms with Gasteiger partial charge in [0, 0.05) is 5.69 Å². The maximum Gasteiger partial charge on any atom is 0.354 e. The van der Waals surface area contributed by atoms with Gasteiger partial charge in [0.15, 0.2) is 9.92 Å². The van der Waals surface area contributed by atoms with Gasteiger partial charge in [-0.2, -0.15) is 5.10 Å². The van der Waals surface area contributed by atoms with Crippen LogP contribution < -0.4 is 15.2 Å². The van der Waals surface area contributed by atoms with E-state index in [1.54, 1.807) is 4.68 Å². The highest BCUT2D eigenvalue weighted by Gasteiger charge is 2.32. The molecule has 5 rings (SSSR count). The molecule has 0 saturated carbocycles. The zero-order valence-corrected chi connectivity index (χ0v) is 16.7. The summed E-state index contributed by atoms with van der Waals surface area (Å²) in [5, 5.41) is 13.0. The number of nitrogens with zero attached hydrogens (tertiary/aromatic N) is 3. The Labute approximate surface area is 163 Å². The first kappa shape index (κ1) is 17.7. The molecule has 3 atom stereocenters. The average molecular weight is 401 g/mol. The summed E-state index contributed by atoms with van der Waals surface area (Å²) in [5.74, 6) is 0.724. The second-order valence-corrected chi connectivity index (χ2v) is 9.69. The van der Waals surface area contributed by atoms with Crippen molar-refractivity contribution in [3.63, 3.8) is 0 Å². The number of fused-ring (bicyclic) bond motifs is 3. The Morgan fingerprint density at radius 2 is 2.21 bits per heavy atom. The number of amides is 2. The first-order valence-electron chi connectivity index (χ1n) is 9.59. The fourth-order valence-corrected chi connectivity index (χ4v) is 5.55. The van der Waals surface area contributed by atoms with E-state index in [2.05, 4.69) is 27.8 Å². The molecule has 0 spiro atoms. The molecule has 2 aromatic rings. The van der Waals surface area contributed by atoms with E-state index < -0.39 is 15.9 Å². The first-order chi connectivity index (χ1) is 13.3. The van der Waals surface area contributed by atoms with Crippen molar-refractivity contribution in [1.82, 2.24) is 9.78 Å². The van der Waals surface area contributed by atoms with Gasteiger partial charge in [-0.25, -0.2) is 18.8 Å². The molecule has 2 heterocycles. The Kier molecular flexibility index (Phi) is 3.82. The molecule has 3 aliphatic rings. The Bertz CT molecular complexity index is 1130. The highest BCUT2D eigenvalue weighted by Crippen LogP contribution is 2.45. The van der Waals surface area contributed by atoms with Crippen LogP contribution >= 0.6 is 0 Å². The summed E-state index contributed by atoms with van der Waals surface area (Å²) in [6, 6.07) is 1.60. The number of ether oxygens (including phenoxy) is 1. The molecule has 3 N–H and O–H groups in total. The highest BCUT2D eigenvalue weighted by molar-refractivity contribution is 7.91. The maximum atomic E-state index is 13.0. The SMILES string of the molecule is C[C@@H]1COc2c(S(N)(=O)=NC(=O)Nc3c4c(cc5c3[C@@H](C)C5)CCC4)cnn21. The largest absolute Gasteiger partial charge is 0.475 e. The van der Waals surface area contributed by atoms with Crippen LogP contribution in [-0.2, 0) is 29.2 Å². The van der Waals surface area contributed by atoms with Crippen molar-refractivity contribution >= 4 is 21.6 Å². The van der Waals surface area contributed by atoms with Crippen LogP contribution in [0.25, 0.3) is 0 Å². The van der Waals surface area contributed by atoms with Crippen LogP contribution in [0, 0.1) is 0 Å². The van der Waals surface area contributed by atoms with Gasteiger partial charge in [0.25, 0.3) is 0 Å². The monoisotopic (exact) mass is 401 g/mol. The fraction of sp³-hybridized carbons (Fsp3) is 0.474. The molecule has 8 nitrogen and oxygen atoms in total. The minimum absolute atomic E-state index is 0.0278. The van der Waals surface area contributed by atoms with Gasteiger partial charge in [0.2, 0.25) is 5.88 Å². The average Bonchev–Trinajstić information content (AvgIpc) is 3.31. The summed E-state index contributed by atoms with van der Waals surface area (Å²) in [6.45, 7) is 4.51. The standard InChI is InChI=1S/C19H23N5O3S/c1-10-6-13-7-12-4-3-5-14(12)17(16(10)13)22-19(25)23-28(20,26)15-8-21-24-11(2)9-27-18(15)24/h7-8,10-11H,3-6,9H2,1-2H3,(H3,20,22,23,25,26)/t10-,11+,28?/m0/s1. The topological polar surface area (TPSA) is 112 Å². The summed E-state index contributed by atoms with van der Waals surface area (Å²) in [6.07, 6.45) is 5.44. The van der Waals surface area contributed by atoms with Crippen LogP contribution in [0.3, 0.4) is 0 Å². The zero-order valence-electron chi connectivity index (χ0n) is 15.9. The van der Waals surface area contributed by atoms with Crippen molar-refractivity contribution in [2.24, 2.45) is 9.50 Å². The van der Waals surface area contributed by atoms with Crippen molar-refractivity contribution in [3.8, 4) is 5.88 Å². The number of nitrogens with one attached hydrogen (secondary N) is 1. The van der Waals surface area contributed by atoms with Gasteiger partial charge < -0.3 is 10.1 Å². The molecule has 0 fully saturated rings. The Morgan fingerprint density at radius 1 is 1.39 bits per heavy atom. The third-order valence-electron chi connectivity index (χ3n) is 5.91. The predicted octanol–water partition coefficient (Wildman–Crippen LogP) is 2.92. The minimum atomic E-state index is -3.46. The third-order valence-corrected chi connectivity index (χ3v) is 7.25. The quantitative estimate of drug-likeness (QED) is 0.806. The molecule has 1 aromatic heterocycles. The summed E-state index contributed by atoms with van der Waals surface area (Å²) in [4.78, 5) is 12.8. The maximum absolute atomic E-state index is 13.0. The lowest BCUT2D eigenvalue weighted by atomic mass is 9.75. The lowest BCUT2D eigenvalue weighted by Gasteiger charge is -2.31. The summed E-state index contributed by atoms with van der Waals surface area (Å²) < 4.78 is 24.0. The fourth-order valence-electron chi connectivity index (χ4n) is 4.56. The van der Waals surface area contributed by atoms with Gasteiger partial charge in [0.05, 0.1) is 12.2 Å². The van der Waals surface area contributed by atoms with E-state index in [9.17, 15) is 9.00 Å². The molecule has 9 heteroatoms. The molecular formula is C19H23N5O3S. The molecule has 1 aliphatic heterocycles. The zero-order chi connectivity index (χ0) is 19.6. The van der Waals surface area contributed by atoms with Crippen molar-refractivity contribution in [2.75, 3.05) is 11.9 Å². The van der Waals surface area contributed by atoms with Crippen LogP contribution in [0.2, 0.25) is 0 Å². The van der Waals surface area contributed by atoms with E-state index in [4.69, 9.17) is 9.88 Å². The molecule has 28 heavy (non-hydrogen) atoms. The molecule has 0 bridgehead atoms. The van der Waals surface area contributed by atoms with E-state index in [1.807, 2.05) is 6.92 Å². The minimum Gasteiger partial charge on any atom is -0.475 e. The number of rotatable bonds is 2. The number of hydrogen-bond donors (Lipinski definition) is 2. The predicted molar refractivity (Wildman–Crippen MR) is 105 cm³/mol. The van der Waals surface area contributed by atoms with Crippen molar-refractivity contribution in [1.29, 1.82) is 0 Å². The number of aryl methyl sites for hydroxylation is 1. The van der Waals surface area contributed by atoms with E-state index in [1.165, 1.54) is 28.5 Å². The smallest absolute Gasteiger partial charge is 0.354 e. The van der Waals surface area contributed by atoms with Crippen molar-refractivity contribution < 1.29 is 13.7 Å². The lowest BCUT2D eigenvalue weighted by Crippen LogP contribution is -2.23. The summed E-state index contributed by atoms with van der Waals surface area (Å²) >= 11 is 0. The van der Waals surface area contributed by atoms with Gasteiger partial charge in [-0.05, 0) is 60.8 Å². The Morgan fingerprint density at radius 3 is 3.00 bits per heavy atom. The number of nitrogens with two attached hydrogens (primary N) is 1. The van der Waals surface area contributed by atoms with Crippen LogP contribution in [0.4, 0.5) is 10.5 Å². The van der Waals surface area contributed by atoms with E-state index >= 15 is 0 Å². The lowest BCUT2D eigenvalue weighted by molar-refractivity contribution is 0.260. The molecule has 1 unspecified atom stereocenters. The number of aromatic nitrogens is 2. The van der Waals surface area contributed by atoms with Crippen LogP contribution in [0.1, 0.15) is 54.5 Å². The number of urea groups is 1. The number of carbonyl (C=O) groups excluding carboxylic acids is 1. The second-order valence-electron chi connectivity index (χ2n) is 7.93. The van der Waals surface area contributed by atoms with Gasteiger partial charge >= 0.3 is 6.03 Å². The molecule has 148 valence electrons. The van der Waals surface area contributed by atoms with Crippen LogP contribution in [0.15, 0.2) is 21.5 Å². The molecule has 1 aromatic carbocycles. The van der Waals surface area contributed by atoms with E-state index in [0.29, 0.717) is 18.4 Å². The van der Waals surface area contributed by atoms with Crippen molar-refractivity contribution in [2.45, 2.75) is 56.4 Å². The summed E-state index contributed by atoms with van der Waals surface area (Å²) in [7, 11) is -3.46. The van der Waals surface area contributed by atoms with Crippen molar-refractivity contribution in [3.05, 3.63) is 34.5 Å². The number of hydrogen-bond acceptors (Lipinski definition) is 4. The molecule has 0 radical (unpaired) electrons. The Balaban J connectivity index is 1.49. The van der Waals surface area contributed by atoms with Gasteiger partial charge in [-0.15, -0.1) is 4.36 Å². The number of benzene rings is 1. The van der Waals surface area contributed by atoms with Gasteiger partial charge in [-0.1, -0.05) is 13.0 Å². The van der Waals surface area contributed by atoms with Gasteiger partial charge in [-0.3, -0.25) is 0 Å². The highest BCUT2D eigenvalue weighted by atomic mass is 32.2. The van der Waals surface area contributed by atoms with E-state index in [0.717, 1.165) is 31.4 Å². The second kappa shape index (κ2) is 6.05. The Hall–Kier alpha value is -2.39. The normalized spacial score (nSPS) is 23.7.